The van der Waals surface area contributed by atoms with E-state index < -0.39 is 0 Å². The lowest BCUT2D eigenvalue weighted by Crippen LogP contribution is -2.24. The van der Waals surface area contributed by atoms with Crippen molar-refractivity contribution in [3.05, 3.63) is 11.6 Å². The van der Waals surface area contributed by atoms with Gasteiger partial charge in [-0.2, -0.15) is 0 Å². The van der Waals surface area contributed by atoms with Gasteiger partial charge in [-0.15, -0.1) is 0 Å². The largest absolute Gasteiger partial charge is 0.461 e. The predicted octanol–water partition coefficient (Wildman–Crippen LogP) is 3.96. The first-order valence-electron chi connectivity index (χ1n) is 6.71. The molecule has 0 unspecified atom stereocenters. The van der Waals surface area contributed by atoms with E-state index in [1.807, 2.05) is 13.8 Å². The van der Waals surface area contributed by atoms with Crippen LogP contribution in [0.4, 0.5) is 0 Å². The molecule has 0 amide bonds. The van der Waals surface area contributed by atoms with Crippen LogP contribution in [-0.2, 0) is 9.53 Å². The maximum absolute atomic E-state index is 11.6. The minimum absolute atomic E-state index is 0.0194. The Kier molecular flexibility index (Phi) is 4.79. The van der Waals surface area contributed by atoms with E-state index in [0.29, 0.717) is 17.9 Å². The van der Waals surface area contributed by atoms with E-state index in [4.69, 9.17) is 4.74 Å². The minimum atomic E-state index is -0.0644. The zero-order valence-electron chi connectivity index (χ0n) is 11.9. The third-order valence-electron chi connectivity index (χ3n) is 3.80. The van der Waals surface area contributed by atoms with Crippen LogP contribution in [0.3, 0.4) is 0 Å². The summed E-state index contributed by atoms with van der Waals surface area (Å²) in [5.41, 5.74) is 1.69. The van der Waals surface area contributed by atoms with Crippen molar-refractivity contribution in [2.45, 2.75) is 53.9 Å². The van der Waals surface area contributed by atoms with Gasteiger partial charge in [0.15, 0.2) is 0 Å². The Hall–Kier alpha value is -0.790. The molecule has 0 aliphatic heterocycles. The van der Waals surface area contributed by atoms with Gasteiger partial charge in [0, 0.05) is 0 Å². The fraction of sp³-hybridized carbons (Fsp3) is 0.800. The SMILES string of the molecule is CC[C@@H](C)C(=O)OCC1=CCC(C)(C)C[C@H]1C. The molecule has 0 fully saturated rings. The van der Waals surface area contributed by atoms with E-state index in [1.54, 1.807) is 0 Å². The van der Waals surface area contributed by atoms with Gasteiger partial charge in [0.25, 0.3) is 0 Å². The van der Waals surface area contributed by atoms with E-state index >= 15 is 0 Å². The molecule has 2 nitrogen and oxygen atoms in total. The van der Waals surface area contributed by atoms with Crippen LogP contribution in [0.5, 0.6) is 0 Å². The van der Waals surface area contributed by atoms with Crippen LogP contribution < -0.4 is 0 Å². The number of hydrogen-bond donors (Lipinski definition) is 0. The fourth-order valence-electron chi connectivity index (χ4n) is 2.32. The van der Waals surface area contributed by atoms with E-state index in [1.165, 1.54) is 12.0 Å². The zero-order valence-corrected chi connectivity index (χ0v) is 11.9. The second-order valence-electron chi connectivity index (χ2n) is 6.17. The number of esters is 1. The molecule has 98 valence electrons. The number of allylic oxidation sites excluding steroid dienone is 1. The number of hydrogen-bond acceptors (Lipinski definition) is 2. The molecule has 2 heteroatoms. The summed E-state index contributed by atoms with van der Waals surface area (Å²) in [5, 5.41) is 0. The molecule has 0 aromatic carbocycles. The van der Waals surface area contributed by atoms with Gasteiger partial charge >= 0.3 is 5.97 Å². The third kappa shape index (κ3) is 4.18. The molecular weight excluding hydrogens is 212 g/mol. The smallest absolute Gasteiger partial charge is 0.308 e. The van der Waals surface area contributed by atoms with Gasteiger partial charge in [-0.3, -0.25) is 4.79 Å². The third-order valence-corrected chi connectivity index (χ3v) is 3.80. The van der Waals surface area contributed by atoms with Gasteiger partial charge < -0.3 is 4.74 Å². The van der Waals surface area contributed by atoms with Gasteiger partial charge in [0.05, 0.1) is 5.92 Å². The monoisotopic (exact) mass is 238 g/mol. The summed E-state index contributed by atoms with van der Waals surface area (Å²) in [4.78, 5) is 11.6. The molecule has 17 heavy (non-hydrogen) atoms. The molecule has 1 aliphatic rings. The highest BCUT2D eigenvalue weighted by Crippen LogP contribution is 2.37. The Labute approximate surface area is 105 Å². The lowest BCUT2D eigenvalue weighted by atomic mass is 9.73. The Morgan fingerprint density at radius 1 is 1.59 bits per heavy atom. The van der Waals surface area contributed by atoms with Crippen LogP contribution in [0.1, 0.15) is 53.9 Å². The standard InChI is InChI=1S/C15H26O2/c1-6-11(2)14(16)17-10-13-7-8-15(4,5)9-12(13)3/h7,11-12H,6,8-10H2,1-5H3/t11-,12-/m1/s1. The van der Waals surface area contributed by atoms with Crippen LogP contribution >= 0.6 is 0 Å². The van der Waals surface area contributed by atoms with E-state index in [2.05, 4.69) is 26.8 Å². The molecule has 0 bridgehead atoms. The molecule has 0 saturated heterocycles. The summed E-state index contributed by atoms with van der Waals surface area (Å²) in [6, 6.07) is 0. The van der Waals surface area contributed by atoms with Gasteiger partial charge in [0.2, 0.25) is 0 Å². The summed E-state index contributed by atoms with van der Waals surface area (Å²) in [7, 11) is 0. The topological polar surface area (TPSA) is 26.3 Å². The predicted molar refractivity (Wildman–Crippen MR) is 70.7 cm³/mol. The van der Waals surface area contributed by atoms with Crippen molar-refractivity contribution < 1.29 is 9.53 Å². The van der Waals surface area contributed by atoms with Crippen molar-refractivity contribution in [2.24, 2.45) is 17.3 Å². The average molecular weight is 238 g/mol. The van der Waals surface area contributed by atoms with Crippen molar-refractivity contribution in [3.63, 3.8) is 0 Å². The van der Waals surface area contributed by atoms with E-state index in [0.717, 1.165) is 12.8 Å². The van der Waals surface area contributed by atoms with Crippen molar-refractivity contribution in [3.8, 4) is 0 Å². The maximum atomic E-state index is 11.6. The number of carbonyl (C=O) groups excluding carboxylic acids is 1. The van der Waals surface area contributed by atoms with Crippen LogP contribution in [0.2, 0.25) is 0 Å². The lowest BCUT2D eigenvalue weighted by molar-refractivity contribution is -0.147. The zero-order chi connectivity index (χ0) is 13.1. The van der Waals surface area contributed by atoms with Crippen LogP contribution in [-0.4, -0.2) is 12.6 Å². The second-order valence-corrected chi connectivity index (χ2v) is 6.17. The highest BCUT2D eigenvalue weighted by molar-refractivity contribution is 5.72. The summed E-state index contributed by atoms with van der Waals surface area (Å²) >= 11 is 0. The molecule has 0 heterocycles. The van der Waals surface area contributed by atoms with Gasteiger partial charge in [0.1, 0.15) is 6.61 Å². The molecule has 1 aliphatic carbocycles. The first-order valence-corrected chi connectivity index (χ1v) is 6.71. The summed E-state index contributed by atoms with van der Waals surface area (Å²) < 4.78 is 5.37. The Morgan fingerprint density at radius 2 is 2.24 bits per heavy atom. The first-order chi connectivity index (χ1) is 7.85. The second kappa shape index (κ2) is 5.70. The summed E-state index contributed by atoms with van der Waals surface area (Å²) in [6.07, 6.45) is 5.38. The van der Waals surface area contributed by atoms with Crippen molar-refractivity contribution in [1.82, 2.24) is 0 Å². The molecule has 1 rings (SSSR count). The first kappa shape index (κ1) is 14.3. The van der Waals surface area contributed by atoms with Gasteiger partial charge in [-0.25, -0.2) is 0 Å². The number of carbonyl (C=O) groups is 1. The van der Waals surface area contributed by atoms with Gasteiger partial charge in [-0.05, 0) is 36.2 Å². The molecule has 0 spiro atoms. The Morgan fingerprint density at radius 3 is 2.76 bits per heavy atom. The highest BCUT2D eigenvalue weighted by Gasteiger charge is 2.27. The van der Waals surface area contributed by atoms with Crippen LogP contribution in [0.25, 0.3) is 0 Å². The molecule has 0 N–H and O–H groups in total. The van der Waals surface area contributed by atoms with E-state index in [9.17, 15) is 4.79 Å². The van der Waals surface area contributed by atoms with E-state index in [-0.39, 0.29) is 11.9 Å². The lowest BCUT2D eigenvalue weighted by Gasteiger charge is -2.33. The number of ether oxygens (including phenoxy) is 1. The Bertz CT molecular complexity index is 302. The molecule has 0 aromatic heterocycles. The molecular formula is C15H26O2. The molecule has 0 aromatic rings. The van der Waals surface area contributed by atoms with Crippen molar-refractivity contribution >= 4 is 5.97 Å². The fourth-order valence-corrected chi connectivity index (χ4v) is 2.32. The molecule has 2 atom stereocenters. The number of rotatable bonds is 4. The van der Waals surface area contributed by atoms with Gasteiger partial charge in [-0.1, -0.05) is 40.7 Å². The van der Waals surface area contributed by atoms with Crippen molar-refractivity contribution in [2.75, 3.05) is 6.61 Å². The minimum Gasteiger partial charge on any atom is -0.461 e. The molecule has 0 saturated carbocycles. The quantitative estimate of drug-likeness (QED) is 0.547. The maximum Gasteiger partial charge on any atom is 0.308 e. The molecule has 0 radical (unpaired) electrons. The summed E-state index contributed by atoms with van der Waals surface area (Å²) in [6.45, 7) is 11.2. The average Bonchev–Trinajstić information content (AvgIpc) is 2.25. The summed E-state index contributed by atoms with van der Waals surface area (Å²) in [5.74, 6) is 0.486. The normalized spacial score (nSPS) is 25.0. The highest BCUT2D eigenvalue weighted by atomic mass is 16.5. The van der Waals surface area contributed by atoms with Crippen LogP contribution in [0, 0.1) is 17.3 Å². The van der Waals surface area contributed by atoms with Crippen LogP contribution in [0.15, 0.2) is 11.6 Å². The van der Waals surface area contributed by atoms with Crippen molar-refractivity contribution in [1.29, 1.82) is 0 Å². The Balaban J connectivity index is 2.48.